The number of ether oxygens (including phenoxy) is 2. The first kappa shape index (κ1) is 23.3. The summed E-state index contributed by atoms with van der Waals surface area (Å²) in [5.74, 6) is -0.0831. The van der Waals surface area contributed by atoms with E-state index in [-0.39, 0.29) is 43.1 Å². The summed E-state index contributed by atoms with van der Waals surface area (Å²) in [4.78, 5) is 43.4. The first-order valence-electron chi connectivity index (χ1n) is 11.2. The number of carbonyl (C=O) groups excluding carboxylic acids is 3. The second kappa shape index (κ2) is 10.3. The minimum atomic E-state index is -1.23. The third-order valence-electron chi connectivity index (χ3n) is 6.63. The normalized spacial score (nSPS) is 24.0. The van der Waals surface area contributed by atoms with Crippen molar-refractivity contribution in [3.05, 3.63) is 29.8 Å². The molecule has 3 rings (SSSR count). The number of nitrogens with zero attached hydrogens (tertiary/aromatic N) is 2. The van der Waals surface area contributed by atoms with Gasteiger partial charge < -0.3 is 14.4 Å². The van der Waals surface area contributed by atoms with E-state index >= 15 is 0 Å². The van der Waals surface area contributed by atoms with Crippen LogP contribution < -0.4 is 4.74 Å². The predicted molar refractivity (Wildman–Crippen MR) is 117 cm³/mol. The summed E-state index contributed by atoms with van der Waals surface area (Å²) < 4.78 is 10.6. The molecule has 1 aromatic carbocycles. The van der Waals surface area contributed by atoms with Gasteiger partial charge in [-0.15, -0.1) is 0 Å². The van der Waals surface area contributed by atoms with E-state index in [1.54, 1.807) is 20.3 Å². The van der Waals surface area contributed by atoms with E-state index in [0.29, 0.717) is 30.9 Å². The van der Waals surface area contributed by atoms with Gasteiger partial charge in [-0.1, -0.05) is 25.1 Å². The molecule has 170 valence electrons. The van der Waals surface area contributed by atoms with Crippen molar-refractivity contribution in [1.29, 1.82) is 0 Å². The average molecular weight is 431 g/mol. The van der Waals surface area contributed by atoms with Crippen LogP contribution in [0.2, 0.25) is 0 Å². The molecule has 7 heteroatoms. The lowest BCUT2D eigenvalue weighted by atomic mass is 9.75. The second-order valence-electron chi connectivity index (χ2n) is 8.48. The summed E-state index contributed by atoms with van der Waals surface area (Å²) in [6.07, 6.45) is 4.49. The molecule has 0 saturated carbocycles. The van der Waals surface area contributed by atoms with Crippen molar-refractivity contribution < 1.29 is 23.9 Å². The fourth-order valence-corrected chi connectivity index (χ4v) is 4.99. The number of likely N-dealkylation sites (tertiary alicyclic amines) is 2. The molecule has 0 radical (unpaired) electrons. The molecule has 2 aliphatic rings. The largest absolute Gasteiger partial charge is 0.496 e. The number of piperidine rings is 1. The molecule has 0 aliphatic carbocycles. The molecule has 2 fully saturated rings. The molecule has 7 nitrogen and oxygen atoms in total. The van der Waals surface area contributed by atoms with Gasteiger partial charge in [0.05, 0.1) is 12.5 Å². The Kier molecular flexibility index (Phi) is 7.70. The van der Waals surface area contributed by atoms with E-state index in [9.17, 15) is 14.4 Å². The maximum absolute atomic E-state index is 13.7. The number of carbonyl (C=O) groups is 3. The van der Waals surface area contributed by atoms with Crippen LogP contribution in [-0.2, 0) is 24.5 Å². The lowest BCUT2D eigenvalue weighted by molar-refractivity contribution is -0.144. The molecule has 2 heterocycles. The van der Waals surface area contributed by atoms with Crippen molar-refractivity contribution in [3.8, 4) is 5.75 Å². The Labute approximate surface area is 184 Å². The smallest absolute Gasteiger partial charge is 0.241 e. The van der Waals surface area contributed by atoms with Crippen molar-refractivity contribution in [1.82, 2.24) is 9.80 Å². The van der Waals surface area contributed by atoms with Gasteiger partial charge in [-0.25, -0.2) is 0 Å². The summed E-state index contributed by atoms with van der Waals surface area (Å²) >= 11 is 0. The Morgan fingerprint density at radius 1 is 1.19 bits per heavy atom. The Hall–Kier alpha value is -2.41. The number of methoxy groups -OCH3 is 2. The zero-order valence-corrected chi connectivity index (χ0v) is 18.9. The van der Waals surface area contributed by atoms with Gasteiger partial charge in [0.15, 0.2) is 0 Å². The van der Waals surface area contributed by atoms with Crippen molar-refractivity contribution >= 4 is 17.7 Å². The Morgan fingerprint density at radius 2 is 1.97 bits per heavy atom. The van der Waals surface area contributed by atoms with Crippen LogP contribution in [-0.4, -0.2) is 67.5 Å². The number of rotatable bonds is 9. The SMILES string of the molecule is CC[C@@H]1CCCCN1C(=O)C[C@@]1(c2ccccc2OC)CC(=O)N(CCCOC)C1=O. The number of imide groups is 1. The van der Waals surface area contributed by atoms with Crippen LogP contribution in [0.25, 0.3) is 0 Å². The van der Waals surface area contributed by atoms with Crippen molar-refractivity contribution in [2.75, 3.05) is 33.9 Å². The van der Waals surface area contributed by atoms with Crippen LogP contribution in [0.1, 0.15) is 57.4 Å². The van der Waals surface area contributed by atoms with E-state index in [1.807, 2.05) is 23.1 Å². The first-order valence-corrected chi connectivity index (χ1v) is 11.2. The lowest BCUT2D eigenvalue weighted by Gasteiger charge is -2.38. The van der Waals surface area contributed by atoms with E-state index in [1.165, 1.54) is 4.90 Å². The van der Waals surface area contributed by atoms with Gasteiger partial charge >= 0.3 is 0 Å². The minimum absolute atomic E-state index is 0.0183. The molecular formula is C24H34N2O5. The fourth-order valence-electron chi connectivity index (χ4n) is 4.99. The van der Waals surface area contributed by atoms with Gasteiger partial charge in [0, 0.05) is 51.3 Å². The molecule has 0 unspecified atom stereocenters. The number of para-hydroxylation sites is 1. The molecule has 31 heavy (non-hydrogen) atoms. The molecule has 0 aromatic heterocycles. The molecule has 2 atom stereocenters. The third kappa shape index (κ3) is 4.61. The molecule has 0 spiro atoms. The van der Waals surface area contributed by atoms with Crippen LogP contribution in [0, 0.1) is 0 Å². The van der Waals surface area contributed by atoms with Gasteiger partial charge in [0.1, 0.15) is 5.75 Å². The van der Waals surface area contributed by atoms with Gasteiger partial charge in [0.25, 0.3) is 0 Å². The van der Waals surface area contributed by atoms with Crippen molar-refractivity contribution in [2.24, 2.45) is 0 Å². The van der Waals surface area contributed by atoms with E-state index in [0.717, 1.165) is 25.7 Å². The van der Waals surface area contributed by atoms with Crippen LogP contribution in [0.3, 0.4) is 0 Å². The topological polar surface area (TPSA) is 76.2 Å². The Morgan fingerprint density at radius 3 is 2.68 bits per heavy atom. The molecule has 0 N–H and O–H groups in total. The number of benzene rings is 1. The lowest BCUT2D eigenvalue weighted by Crippen LogP contribution is -2.48. The molecular weight excluding hydrogens is 396 g/mol. The molecule has 3 amide bonds. The minimum Gasteiger partial charge on any atom is -0.496 e. The van der Waals surface area contributed by atoms with E-state index in [2.05, 4.69) is 6.92 Å². The average Bonchev–Trinajstić information content (AvgIpc) is 3.03. The molecule has 2 saturated heterocycles. The zero-order chi connectivity index (χ0) is 22.4. The highest BCUT2D eigenvalue weighted by molar-refractivity contribution is 6.11. The summed E-state index contributed by atoms with van der Waals surface area (Å²) in [6.45, 7) is 3.55. The first-order chi connectivity index (χ1) is 15.0. The number of amides is 3. The summed E-state index contributed by atoms with van der Waals surface area (Å²) in [7, 11) is 3.14. The highest BCUT2D eigenvalue weighted by atomic mass is 16.5. The fraction of sp³-hybridized carbons (Fsp3) is 0.625. The van der Waals surface area contributed by atoms with Crippen molar-refractivity contribution in [3.63, 3.8) is 0 Å². The maximum atomic E-state index is 13.7. The summed E-state index contributed by atoms with van der Waals surface area (Å²) in [5.41, 5.74) is -0.618. The van der Waals surface area contributed by atoms with E-state index < -0.39 is 5.41 Å². The Bertz CT molecular complexity index is 811. The third-order valence-corrected chi connectivity index (χ3v) is 6.63. The van der Waals surface area contributed by atoms with Crippen LogP contribution in [0.5, 0.6) is 5.75 Å². The van der Waals surface area contributed by atoms with Gasteiger partial charge in [-0.05, 0) is 38.2 Å². The number of hydrogen-bond acceptors (Lipinski definition) is 5. The van der Waals surface area contributed by atoms with Gasteiger partial charge in [-0.3, -0.25) is 19.3 Å². The maximum Gasteiger partial charge on any atom is 0.241 e. The second-order valence-corrected chi connectivity index (χ2v) is 8.48. The van der Waals surface area contributed by atoms with Crippen molar-refractivity contribution in [2.45, 2.75) is 63.3 Å². The summed E-state index contributed by atoms with van der Waals surface area (Å²) in [6, 6.07) is 7.44. The Balaban J connectivity index is 1.97. The summed E-state index contributed by atoms with van der Waals surface area (Å²) in [5, 5.41) is 0. The monoisotopic (exact) mass is 430 g/mol. The van der Waals surface area contributed by atoms with Crippen LogP contribution in [0.15, 0.2) is 24.3 Å². The molecule has 1 aromatic rings. The molecule has 2 aliphatic heterocycles. The highest BCUT2D eigenvalue weighted by Crippen LogP contribution is 2.44. The van der Waals surface area contributed by atoms with Gasteiger partial charge in [0.2, 0.25) is 17.7 Å². The van der Waals surface area contributed by atoms with Crippen LogP contribution >= 0.6 is 0 Å². The standard InChI is InChI=1S/C24H34N2O5/c1-4-18-10-7-8-13-25(18)21(27)16-24(19-11-5-6-12-20(19)31-3)17-22(28)26(23(24)29)14-9-15-30-2/h5-6,11-12,18H,4,7-10,13-17H2,1-3H3/t18-,24+/m1/s1. The number of hydrogen-bond donors (Lipinski definition) is 0. The quantitative estimate of drug-likeness (QED) is 0.445. The highest BCUT2D eigenvalue weighted by Gasteiger charge is 2.55. The van der Waals surface area contributed by atoms with Gasteiger partial charge in [-0.2, -0.15) is 0 Å². The zero-order valence-electron chi connectivity index (χ0n) is 18.9. The predicted octanol–water partition coefficient (Wildman–Crippen LogP) is 2.91. The van der Waals surface area contributed by atoms with E-state index in [4.69, 9.17) is 9.47 Å². The molecule has 0 bridgehead atoms. The van der Waals surface area contributed by atoms with Crippen LogP contribution in [0.4, 0.5) is 0 Å².